The zero-order chi connectivity index (χ0) is 15.1. The molecule has 0 bridgehead atoms. The fourth-order valence-corrected chi connectivity index (χ4v) is 2.63. The second-order valence-corrected chi connectivity index (χ2v) is 5.42. The van der Waals surface area contributed by atoms with E-state index in [0.717, 1.165) is 23.3 Å². The molecule has 0 aliphatic rings. The summed E-state index contributed by atoms with van der Waals surface area (Å²) < 4.78 is 5.58. The quantitative estimate of drug-likeness (QED) is 0.771. The molecular formula is C18H21ClO2. The maximum absolute atomic E-state index is 11.1. The lowest BCUT2D eigenvalue weighted by molar-refractivity contribution is 0.0774. The van der Waals surface area contributed by atoms with E-state index in [1.54, 1.807) is 0 Å². The molecule has 0 spiro atoms. The van der Waals surface area contributed by atoms with E-state index in [-0.39, 0.29) is 0 Å². The molecule has 0 aliphatic carbocycles. The Balaban J connectivity index is 2.30. The van der Waals surface area contributed by atoms with Crippen LogP contribution in [0.2, 0.25) is 0 Å². The second kappa shape index (κ2) is 7.48. The molecule has 0 heterocycles. The number of hydrogen-bond donors (Lipinski definition) is 1. The fourth-order valence-electron chi connectivity index (χ4n) is 2.35. The number of benzene rings is 2. The van der Waals surface area contributed by atoms with Gasteiger partial charge >= 0.3 is 0 Å². The van der Waals surface area contributed by atoms with Crippen LogP contribution in [0, 0.1) is 0 Å². The molecule has 1 unspecified atom stereocenters. The fraction of sp³-hybridized carbons (Fsp3) is 0.333. The van der Waals surface area contributed by atoms with Gasteiger partial charge in [-0.05, 0) is 36.1 Å². The Morgan fingerprint density at radius 1 is 1.00 bits per heavy atom. The number of hydrogen-bond acceptors (Lipinski definition) is 2. The smallest absolute Gasteiger partial charge is 0.119 e. The van der Waals surface area contributed by atoms with Crippen LogP contribution in [-0.4, -0.2) is 17.6 Å². The van der Waals surface area contributed by atoms with Crippen molar-refractivity contribution in [2.24, 2.45) is 0 Å². The van der Waals surface area contributed by atoms with Gasteiger partial charge in [-0.15, -0.1) is 11.6 Å². The van der Waals surface area contributed by atoms with Gasteiger partial charge in [-0.1, -0.05) is 49.4 Å². The molecule has 0 aromatic heterocycles. The summed E-state index contributed by atoms with van der Waals surface area (Å²) in [6.45, 7) is 2.77. The normalized spacial score (nSPS) is 13.7. The Labute approximate surface area is 131 Å². The highest BCUT2D eigenvalue weighted by Gasteiger charge is 2.30. The van der Waals surface area contributed by atoms with E-state index in [0.29, 0.717) is 18.9 Å². The highest BCUT2D eigenvalue weighted by molar-refractivity contribution is 6.17. The Kier molecular flexibility index (Phi) is 5.66. The summed E-state index contributed by atoms with van der Waals surface area (Å²) in [5.41, 5.74) is 0.623. The molecule has 3 heteroatoms. The minimum Gasteiger partial charge on any atom is -0.494 e. The van der Waals surface area contributed by atoms with Crippen molar-refractivity contribution >= 4 is 11.6 Å². The lowest BCUT2D eigenvalue weighted by Gasteiger charge is -2.29. The van der Waals surface area contributed by atoms with Gasteiger partial charge in [-0.3, -0.25) is 0 Å². The predicted molar refractivity (Wildman–Crippen MR) is 87.0 cm³/mol. The molecule has 0 radical (unpaired) electrons. The molecule has 1 N–H and O–H groups in total. The average molecular weight is 305 g/mol. The van der Waals surface area contributed by atoms with Gasteiger partial charge in [-0.25, -0.2) is 0 Å². The van der Waals surface area contributed by atoms with Gasteiger partial charge in [0.05, 0.1) is 6.61 Å². The third kappa shape index (κ3) is 3.78. The number of ether oxygens (including phenoxy) is 1. The van der Waals surface area contributed by atoms with Gasteiger partial charge in [0.25, 0.3) is 0 Å². The third-order valence-corrected chi connectivity index (χ3v) is 3.70. The summed E-state index contributed by atoms with van der Waals surface area (Å²) in [6.07, 6.45) is 1.44. The number of halogens is 1. The standard InChI is InChI=1S/C18H21ClO2/c1-2-14-21-17-10-8-16(9-11-17)18(20,12-13-19)15-6-4-3-5-7-15/h3-11,20H,2,12-14H2,1H3. The van der Waals surface area contributed by atoms with Crippen molar-refractivity contribution in [3.05, 3.63) is 65.7 Å². The molecule has 0 aliphatic heterocycles. The number of rotatable bonds is 7. The molecule has 0 saturated heterocycles. The van der Waals surface area contributed by atoms with Crippen molar-refractivity contribution in [2.75, 3.05) is 12.5 Å². The maximum atomic E-state index is 11.1. The molecule has 112 valence electrons. The van der Waals surface area contributed by atoms with Crippen LogP contribution in [0.25, 0.3) is 0 Å². The first-order valence-corrected chi connectivity index (χ1v) is 7.81. The van der Waals surface area contributed by atoms with E-state index in [2.05, 4.69) is 6.92 Å². The summed E-state index contributed by atoms with van der Waals surface area (Å²) >= 11 is 5.90. The zero-order valence-corrected chi connectivity index (χ0v) is 13.0. The van der Waals surface area contributed by atoms with Crippen LogP contribution in [0.4, 0.5) is 0 Å². The van der Waals surface area contributed by atoms with E-state index in [9.17, 15) is 5.11 Å². The maximum Gasteiger partial charge on any atom is 0.119 e. The molecular weight excluding hydrogens is 284 g/mol. The zero-order valence-electron chi connectivity index (χ0n) is 12.3. The van der Waals surface area contributed by atoms with E-state index < -0.39 is 5.60 Å². The largest absolute Gasteiger partial charge is 0.494 e. The van der Waals surface area contributed by atoms with Gasteiger partial charge in [0, 0.05) is 5.88 Å². The first-order valence-electron chi connectivity index (χ1n) is 7.28. The van der Waals surface area contributed by atoms with Crippen LogP contribution < -0.4 is 4.74 Å². The molecule has 0 fully saturated rings. The molecule has 0 amide bonds. The Morgan fingerprint density at radius 3 is 2.19 bits per heavy atom. The van der Waals surface area contributed by atoms with Crippen LogP contribution in [0.3, 0.4) is 0 Å². The Morgan fingerprint density at radius 2 is 1.62 bits per heavy atom. The van der Waals surface area contributed by atoms with Gasteiger partial charge < -0.3 is 9.84 Å². The first kappa shape index (κ1) is 15.9. The molecule has 2 rings (SSSR count). The van der Waals surface area contributed by atoms with Crippen molar-refractivity contribution in [2.45, 2.75) is 25.4 Å². The SMILES string of the molecule is CCCOc1ccc(C(O)(CCCl)c2ccccc2)cc1. The molecule has 21 heavy (non-hydrogen) atoms. The van der Waals surface area contributed by atoms with Crippen molar-refractivity contribution in [3.63, 3.8) is 0 Å². The van der Waals surface area contributed by atoms with Crippen LogP contribution >= 0.6 is 11.6 Å². The number of alkyl halides is 1. The van der Waals surface area contributed by atoms with Crippen LogP contribution in [0.1, 0.15) is 30.9 Å². The van der Waals surface area contributed by atoms with E-state index in [1.807, 2.05) is 54.6 Å². The summed E-state index contributed by atoms with van der Waals surface area (Å²) in [6, 6.07) is 17.2. The average Bonchev–Trinajstić information content (AvgIpc) is 2.54. The Hall–Kier alpha value is -1.51. The van der Waals surface area contributed by atoms with Crippen LogP contribution in [0.5, 0.6) is 5.75 Å². The van der Waals surface area contributed by atoms with Crippen LogP contribution in [-0.2, 0) is 5.60 Å². The van der Waals surface area contributed by atoms with Gasteiger partial charge in [0.2, 0.25) is 0 Å². The topological polar surface area (TPSA) is 29.5 Å². The highest BCUT2D eigenvalue weighted by Crippen LogP contribution is 2.34. The molecule has 2 aromatic rings. The van der Waals surface area contributed by atoms with Crippen molar-refractivity contribution in [1.29, 1.82) is 0 Å². The van der Waals surface area contributed by atoms with Crippen molar-refractivity contribution in [3.8, 4) is 5.75 Å². The van der Waals surface area contributed by atoms with Gasteiger partial charge in [0.15, 0.2) is 0 Å². The van der Waals surface area contributed by atoms with Crippen LogP contribution in [0.15, 0.2) is 54.6 Å². The summed E-state index contributed by atoms with van der Waals surface area (Å²) in [7, 11) is 0. The minimum atomic E-state index is -1.06. The van der Waals surface area contributed by atoms with E-state index in [4.69, 9.17) is 16.3 Å². The highest BCUT2D eigenvalue weighted by atomic mass is 35.5. The lowest BCUT2D eigenvalue weighted by Crippen LogP contribution is -2.27. The predicted octanol–water partition coefficient (Wildman–Crippen LogP) is 4.34. The third-order valence-electron chi connectivity index (χ3n) is 3.51. The second-order valence-electron chi connectivity index (χ2n) is 5.04. The van der Waals surface area contributed by atoms with Crippen molar-refractivity contribution < 1.29 is 9.84 Å². The van der Waals surface area contributed by atoms with Crippen molar-refractivity contribution in [1.82, 2.24) is 0 Å². The summed E-state index contributed by atoms with van der Waals surface area (Å²) in [4.78, 5) is 0. The van der Waals surface area contributed by atoms with E-state index in [1.165, 1.54) is 0 Å². The lowest BCUT2D eigenvalue weighted by atomic mass is 9.84. The minimum absolute atomic E-state index is 0.388. The molecule has 2 nitrogen and oxygen atoms in total. The molecule has 1 atom stereocenters. The summed E-state index contributed by atoms with van der Waals surface area (Å²) in [5, 5.41) is 11.1. The molecule has 0 saturated carbocycles. The summed E-state index contributed by atoms with van der Waals surface area (Å²) in [5.74, 6) is 1.21. The van der Waals surface area contributed by atoms with E-state index >= 15 is 0 Å². The first-order chi connectivity index (χ1) is 10.2. The monoisotopic (exact) mass is 304 g/mol. The van der Waals surface area contributed by atoms with Gasteiger partial charge in [0.1, 0.15) is 11.4 Å². The number of aliphatic hydroxyl groups is 1. The van der Waals surface area contributed by atoms with Gasteiger partial charge in [-0.2, -0.15) is 0 Å². The Bertz CT molecular complexity index is 539. The molecule has 2 aromatic carbocycles.